The van der Waals surface area contributed by atoms with Crippen LogP contribution in [0.4, 0.5) is 0 Å². The van der Waals surface area contributed by atoms with Gasteiger partial charge in [-0.3, -0.25) is 4.79 Å². The molecule has 0 fully saturated rings. The number of carbonyl (C=O) groups excluding carboxylic acids is 1. The highest BCUT2D eigenvalue weighted by atomic mass is 35.5. The van der Waals surface area contributed by atoms with E-state index in [1.165, 1.54) is 0 Å². The fourth-order valence-corrected chi connectivity index (χ4v) is 2.47. The van der Waals surface area contributed by atoms with Gasteiger partial charge in [-0.1, -0.05) is 26.0 Å². The number of rotatable bonds is 6. The Balaban J connectivity index is 0.00000264. The number of halogens is 1. The lowest BCUT2D eigenvalue weighted by atomic mass is 10.0. The molecule has 3 unspecified atom stereocenters. The summed E-state index contributed by atoms with van der Waals surface area (Å²) in [4.78, 5) is 14.4. The van der Waals surface area contributed by atoms with Crippen LogP contribution in [0.2, 0.25) is 0 Å². The second kappa shape index (κ2) is 8.99. The van der Waals surface area contributed by atoms with Crippen LogP contribution in [-0.4, -0.2) is 42.6 Å². The molecule has 0 aromatic heterocycles. The molecule has 1 aromatic rings. The number of hydrogen-bond acceptors (Lipinski definition) is 4. The van der Waals surface area contributed by atoms with E-state index in [-0.39, 0.29) is 36.4 Å². The summed E-state index contributed by atoms with van der Waals surface area (Å²) in [6.07, 6.45) is 0.757. The first-order valence-corrected chi connectivity index (χ1v) is 7.95. The maximum atomic E-state index is 12.5. The van der Waals surface area contributed by atoms with Crippen molar-refractivity contribution in [3.63, 3.8) is 0 Å². The van der Waals surface area contributed by atoms with E-state index >= 15 is 0 Å². The van der Waals surface area contributed by atoms with E-state index in [2.05, 4.69) is 6.92 Å². The van der Waals surface area contributed by atoms with Crippen molar-refractivity contribution in [3.05, 3.63) is 24.3 Å². The minimum atomic E-state index is -0.191. The van der Waals surface area contributed by atoms with Crippen LogP contribution in [0, 0.1) is 5.92 Å². The van der Waals surface area contributed by atoms with Crippen molar-refractivity contribution >= 4 is 18.3 Å². The maximum Gasteiger partial charge on any atom is 0.227 e. The van der Waals surface area contributed by atoms with Gasteiger partial charge >= 0.3 is 0 Å². The Labute approximate surface area is 144 Å². The van der Waals surface area contributed by atoms with Gasteiger partial charge in [-0.2, -0.15) is 0 Å². The second-order valence-electron chi connectivity index (χ2n) is 5.93. The minimum Gasteiger partial charge on any atom is -0.486 e. The quantitative estimate of drug-likeness (QED) is 0.862. The van der Waals surface area contributed by atoms with Crippen LogP contribution < -0.4 is 15.2 Å². The highest BCUT2D eigenvalue weighted by molar-refractivity contribution is 5.85. The molecule has 0 saturated carbocycles. The van der Waals surface area contributed by atoms with Crippen molar-refractivity contribution in [2.24, 2.45) is 11.7 Å². The van der Waals surface area contributed by atoms with E-state index in [0.29, 0.717) is 19.7 Å². The lowest BCUT2D eigenvalue weighted by molar-refractivity contribution is -0.137. The lowest BCUT2D eigenvalue weighted by Gasteiger charge is -2.33. The number of para-hydroxylation sites is 2. The number of hydrogen-bond donors (Lipinski definition) is 1. The number of amides is 1. The van der Waals surface area contributed by atoms with Crippen LogP contribution in [0.3, 0.4) is 0 Å². The van der Waals surface area contributed by atoms with E-state index in [0.717, 1.165) is 17.9 Å². The van der Waals surface area contributed by atoms with Crippen molar-refractivity contribution in [1.29, 1.82) is 0 Å². The molecule has 0 radical (unpaired) electrons. The van der Waals surface area contributed by atoms with E-state index in [1.54, 1.807) is 0 Å². The molecule has 1 aliphatic heterocycles. The molecule has 1 aromatic carbocycles. The van der Waals surface area contributed by atoms with E-state index in [1.807, 2.05) is 43.0 Å². The van der Waals surface area contributed by atoms with Crippen molar-refractivity contribution < 1.29 is 14.3 Å². The molecule has 130 valence electrons. The number of fused-ring (bicyclic) bond motifs is 1. The van der Waals surface area contributed by atoms with Gasteiger partial charge in [0.2, 0.25) is 5.91 Å². The van der Waals surface area contributed by atoms with Crippen LogP contribution in [0.15, 0.2) is 24.3 Å². The first kappa shape index (κ1) is 19.6. The third-order valence-corrected chi connectivity index (χ3v) is 3.97. The number of nitrogens with zero attached hydrogens (tertiary/aromatic N) is 1. The summed E-state index contributed by atoms with van der Waals surface area (Å²) in [5.74, 6) is 1.39. The Bertz CT molecular complexity index is 510. The normalized spacial score (nSPS) is 18.5. The number of nitrogens with two attached hydrogens (primary N) is 1. The summed E-state index contributed by atoms with van der Waals surface area (Å²) in [7, 11) is 0. The molecule has 2 N–H and O–H groups in total. The van der Waals surface area contributed by atoms with Gasteiger partial charge in [-0.25, -0.2) is 0 Å². The third kappa shape index (κ3) is 5.01. The zero-order valence-corrected chi connectivity index (χ0v) is 14.8. The first-order valence-electron chi connectivity index (χ1n) is 7.95. The molecule has 0 spiro atoms. The zero-order chi connectivity index (χ0) is 16.1. The summed E-state index contributed by atoms with van der Waals surface area (Å²) in [5, 5.41) is 0. The zero-order valence-electron chi connectivity index (χ0n) is 14.0. The van der Waals surface area contributed by atoms with Gasteiger partial charge in [-0.05, 0) is 25.5 Å². The molecule has 0 bridgehead atoms. The SMILES string of the molecule is CCCN(CC1COc2ccccc2O1)C(=O)C(C)C(C)N.Cl. The van der Waals surface area contributed by atoms with Gasteiger partial charge in [0.25, 0.3) is 0 Å². The van der Waals surface area contributed by atoms with Crippen LogP contribution in [0.5, 0.6) is 11.5 Å². The minimum absolute atomic E-state index is 0. The average molecular weight is 343 g/mol. The number of ether oxygens (including phenoxy) is 2. The molecule has 2 rings (SSSR count). The molecule has 5 nitrogen and oxygen atoms in total. The van der Waals surface area contributed by atoms with Crippen LogP contribution in [-0.2, 0) is 4.79 Å². The van der Waals surface area contributed by atoms with Crippen molar-refractivity contribution in [2.45, 2.75) is 39.3 Å². The molecule has 1 amide bonds. The molecule has 0 saturated heterocycles. The Morgan fingerprint density at radius 1 is 1.35 bits per heavy atom. The fourth-order valence-electron chi connectivity index (χ4n) is 2.47. The van der Waals surface area contributed by atoms with Crippen LogP contribution in [0.25, 0.3) is 0 Å². The predicted molar refractivity (Wildman–Crippen MR) is 93.3 cm³/mol. The first-order chi connectivity index (χ1) is 10.5. The van der Waals surface area contributed by atoms with Crippen molar-refractivity contribution in [2.75, 3.05) is 19.7 Å². The van der Waals surface area contributed by atoms with Gasteiger partial charge in [0.05, 0.1) is 12.5 Å². The van der Waals surface area contributed by atoms with E-state index in [4.69, 9.17) is 15.2 Å². The second-order valence-corrected chi connectivity index (χ2v) is 5.93. The monoisotopic (exact) mass is 342 g/mol. The summed E-state index contributed by atoms with van der Waals surface area (Å²) in [6, 6.07) is 7.45. The van der Waals surface area contributed by atoms with Gasteiger partial charge < -0.3 is 20.1 Å². The Morgan fingerprint density at radius 3 is 2.61 bits per heavy atom. The molecule has 3 atom stereocenters. The smallest absolute Gasteiger partial charge is 0.227 e. The summed E-state index contributed by atoms with van der Waals surface area (Å²) in [5.41, 5.74) is 5.86. The molecule has 0 aliphatic carbocycles. The fraction of sp³-hybridized carbons (Fsp3) is 0.588. The summed E-state index contributed by atoms with van der Waals surface area (Å²) in [6.45, 7) is 7.49. The van der Waals surface area contributed by atoms with Crippen molar-refractivity contribution in [3.8, 4) is 11.5 Å². The maximum absolute atomic E-state index is 12.5. The van der Waals surface area contributed by atoms with Gasteiger partial charge in [0.1, 0.15) is 6.61 Å². The molecular formula is C17H27ClN2O3. The van der Waals surface area contributed by atoms with Crippen molar-refractivity contribution in [1.82, 2.24) is 4.90 Å². The largest absolute Gasteiger partial charge is 0.486 e. The highest BCUT2D eigenvalue weighted by Crippen LogP contribution is 2.31. The Morgan fingerprint density at radius 2 is 2.00 bits per heavy atom. The number of benzene rings is 1. The topological polar surface area (TPSA) is 64.8 Å². The molecule has 1 aliphatic rings. The highest BCUT2D eigenvalue weighted by Gasteiger charge is 2.28. The number of carbonyl (C=O) groups is 1. The molecule has 23 heavy (non-hydrogen) atoms. The Kier molecular flexibility index (Phi) is 7.65. The third-order valence-electron chi connectivity index (χ3n) is 3.97. The molecule has 6 heteroatoms. The van der Waals surface area contributed by atoms with Gasteiger partial charge in [0, 0.05) is 12.6 Å². The predicted octanol–water partition coefficient (Wildman–Crippen LogP) is 2.47. The summed E-state index contributed by atoms with van der Waals surface area (Å²) >= 11 is 0. The lowest BCUT2D eigenvalue weighted by Crippen LogP contribution is -2.48. The van der Waals surface area contributed by atoms with E-state index in [9.17, 15) is 4.79 Å². The standard InChI is InChI=1S/C17H26N2O3.ClH/c1-4-9-19(17(20)12(2)13(3)18)10-14-11-21-15-7-5-6-8-16(15)22-14;/h5-8,12-14H,4,9-11,18H2,1-3H3;1H. The van der Waals surface area contributed by atoms with E-state index < -0.39 is 0 Å². The van der Waals surface area contributed by atoms with Gasteiger partial charge in [0.15, 0.2) is 17.6 Å². The molecular weight excluding hydrogens is 316 g/mol. The summed E-state index contributed by atoms with van der Waals surface area (Å²) < 4.78 is 11.7. The van der Waals surface area contributed by atoms with Crippen LogP contribution >= 0.6 is 12.4 Å². The van der Waals surface area contributed by atoms with Gasteiger partial charge in [-0.15, -0.1) is 12.4 Å². The Hall–Kier alpha value is -1.46. The van der Waals surface area contributed by atoms with Crippen LogP contribution in [0.1, 0.15) is 27.2 Å². The average Bonchev–Trinajstić information content (AvgIpc) is 2.52. The molecule has 1 heterocycles.